The Morgan fingerprint density at radius 1 is 1.14 bits per heavy atom. The third-order valence-corrected chi connectivity index (χ3v) is 4.44. The van der Waals surface area contributed by atoms with Gasteiger partial charge in [-0.15, -0.1) is 0 Å². The van der Waals surface area contributed by atoms with Gasteiger partial charge in [0.25, 0.3) is 0 Å². The highest BCUT2D eigenvalue weighted by molar-refractivity contribution is 6.01. The topological polar surface area (TPSA) is 55.1 Å². The van der Waals surface area contributed by atoms with Gasteiger partial charge in [0.05, 0.1) is 11.6 Å². The van der Waals surface area contributed by atoms with E-state index < -0.39 is 5.97 Å². The van der Waals surface area contributed by atoms with E-state index >= 15 is 0 Å². The van der Waals surface area contributed by atoms with Crippen molar-refractivity contribution in [3.05, 3.63) is 65.4 Å². The lowest BCUT2D eigenvalue weighted by molar-refractivity contribution is 0.0683. The van der Waals surface area contributed by atoms with Crippen LogP contribution in [-0.4, -0.2) is 20.9 Å². The summed E-state index contributed by atoms with van der Waals surface area (Å²) in [5.74, 6) is -0.920. The van der Waals surface area contributed by atoms with Gasteiger partial charge >= 0.3 is 5.97 Å². The summed E-state index contributed by atoms with van der Waals surface area (Å²) in [5.41, 5.74) is 3.53. The Hall–Kier alpha value is -2.62. The largest absolute Gasteiger partial charge is 0.477 e. The minimum absolute atomic E-state index is 0.00319. The number of rotatable bonds is 2. The third kappa shape index (κ3) is 1.91. The van der Waals surface area contributed by atoms with Crippen LogP contribution in [0.4, 0.5) is 0 Å². The summed E-state index contributed by atoms with van der Waals surface area (Å²) in [7, 11) is 0. The molecule has 1 atom stereocenters. The van der Waals surface area contributed by atoms with Gasteiger partial charge < -0.3 is 5.11 Å². The second kappa shape index (κ2) is 4.98. The van der Waals surface area contributed by atoms with Crippen LogP contribution in [0.1, 0.15) is 40.5 Å². The Morgan fingerprint density at radius 3 is 2.77 bits per heavy atom. The SMILES string of the molecule is O=C(O)c1c2ccccc2nn1[C@H]1CCCc2ccccc21. The number of fused-ring (bicyclic) bond motifs is 2. The predicted octanol–water partition coefficient (Wildman–Crippen LogP) is 3.66. The first-order valence-electron chi connectivity index (χ1n) is 7.54. The van der Waals surface area contributed by atoms with E-state index in [2.05, 4.69) is 17.2 Å². The van der Waals surface area contributed by atoms with E-state index in [-0.39, 0.29) is 11.7 Å². The molecule has 0 saturated heterocycles. The quantitative estimate of drug-likeness (QED) is 0.784. The van der Waals surface area contributed by atoms with E-state index in [1.165, 1.54) is 11.1 Å². The molecule has 0 fully saturated rings. The van der Waals surface area contributed by atoms with E-state index in [1.807, 2.05) is 36.4 Å². The van der Waals surface area contributed by atoms with Crippen LogP contribution in [0, 0.1) is 0 Å². The number of nitrogens with zero attached hydrogens (tertiary/aromatic N) is 2. The summed E-state index contributed by atoms with van der Waals surface area (Å²) in [5, 5.41) is 15.0. The van der Waals surface area contributed by atoms with Crippen LogP contribution in [0.15, 0.2) is 48.5 Å². The minimum atomic E-state index is -0.920. The first kappa shape index (κ1) is 13.1. The molecule has 0 saturated carbocycles. The van der Waals surface area contributed by atoms with Gasteiger partial charge in [-0.05, 0) is 36.5 Å². The van der Waals surface area contributed by atoms with Gasteiger partial charge in [-0.25, -0.2) is 9.48 Å². The minimum Gasteiger partial charge on any atom is -0.477 e. The van der Waals surface area contributed by atoms with Crippen LogP contribution in [-0.2, 0) is 6.42 Å². The van der Waals surface area contributed by atoms with Crippen molar-refractivity contribution >= 4 is 16.9 Å². The van der Waals surface area contributed by atoms with Gasteiger partial charge in [0.2, 0.25) is 0 Å². The average molecular weight is 292 g/mol. The Labute approximate surface area is 128 Å². The molecule has 0 radical (unpaired) electrons. The highest BCUT2D eigenvalue weighted by Crippen LogP contribution is 2.34. The highest BCUT2D eigenvalue weighted by atomic mass is 16.4. The molecule has 2 aromatic carbocycles. The van der Waals surface area contributed by atoms with Gasteiger partial charge in [0.15, 0.2) is 5.69 Å². The summed E-state index contributed by atoms with van der Waals surface area (Å²) in [6.45, 7) is 0. The number of carbonyl (C=O) groups is 1. The summed E-state index contributed by atoms with van der Waals surface area (Å²) in [4.78, 5) is 11.8. The van der Waals surface area contributed by atoms with Crippen molar-refractivity contribution in [1.82, 2.24) is 9.78 Å². The van der Waals surface area contributed by atoms with E-state index in [1.54, 1.807) is 4.68 Å². The number of aromatic carboxylic acids is 1. The summed E-state index contributed by atoms with van der Waals surface area (Å²) < 4.78 is 1.71. The molecule has 0 bridgehead atoms. The monoisotopic (exact) mass is 292 g/mol. The van der Waals surface area contributed by atoms with E-state index in [0.717, 1.165) is 24.8 Å². The normalized spacial score (nSPS) is 17.4. The van der Waals surface area contributed by atoms with Crippen LogP contribution < -0.4 is 0 Å². The molecule has 1 aliphatic rings. The molecule has 22 heavy (non-hydrogen) atoms. The zero-order valence-electron chi connectivity index (χ0n) is 12.1. The molecule has 4 rings (SSSR count). The molecule has 4 heteroatoms. The number of aryl methyl sites for hydroxylation is 1. The molecular formula is C18H16N2O2. The van der Waals surface area contributed by atoms with Crippen LogP contribution in [0.5, 0.6) is 0 Å². The first-order valence-corrected chi connectivity index (χ1v) is 7.54. The van der Waals surface area contributed by atoms with Crippen LogP contribution >= 0.6 is 0 Å². The van der Waals surface area contributed by atoms with Gasteiger partial charge in [0.1, 0.15) is 0 Å². The lowest BCUT2D eigenvalue weighted by Crippen LogP contribution is -2.21. The van der Waals surface area contributed by atoms with Gasteiger partial charge in [0, 0.05) is 5.39 Å². The number of hydrogen-bond acceptors (Lipinski definition) is 2. The smallest absolute Gasteiger partial charge is 0.354 e. The number of benzene rings is 2. The van der Waals surface area contributed by atoms with E-state index in [0.29, 0.717) is 5.39 Å². The molecule has 0 amide bonds. The predicted molar refractivity (Wildman–Crippen MR) is 84.2 cm³/mol. The Balaban J connectivity index is 1.96. The summed E-state index contributed by atoms with van der Waals surface area (Å²) in [6, 6.07) is 15.7. The average Bonchev–Trinajstić information content (AvgIpc) is 2.93. The fourth-order valence-electron chi connectivity index (χ4n) is 3.47. The fraction of sp³-hybridized carbons (Fsp3) is 0.222. The molecular weight excluding hydrogens is 276 g/mol. The van der Waals surface area contributed by atoms with Gasteiger partial charge in [-0.1, -0.05) is 42.5 Å². The number of aromatic nitrogens is 2. The lowest BCUT2D eigenvalue weighted by atomic mass is 9.87. The van der Waals surface area contributed by atoms with Crippen molar-refractivity contribution in [1.29, 1.82) is 0 Å². The standard InChI is InChI=1S/C18H16N2O2/c21-18(22)17-14-9-3-4-10-15(14)19-20(17)16-11-5-7-12-6-1-2-8-13(12)16/h1-4,6,8-10,16H,5,7,11H2,(H,21,22)/t16-/m0/s1. The molecule has 1 N–H and O–H groups in total. The van der Waals surface area contributed by atoms with Gasteiger partial charge in [-0.2, -0.15) is 5.10 Å². The molecule has 3 aromatic rings. The number of carboxylic acids is 1. The Kier molecular flexibility index (Phi) is 2.96. The van der Waals surface area contributed by atoms with Crippen LogP contribution in [0.25, 0.3) is 10.9 Å². The summed E-state index contributed by atoms with van der Waals surface area (Å²) in [6.07, 6.45) is 3.03. The Bertz CT molecular complexity index is 866. The highest BCUT2D eigenvalue weighted by Gasteiger charge is 2.27. The molecule has 110 valence electrons. The maximum Gasteiger partial charge on any atom is 0.354 e. The molecule has 1 heterocycles. The van der Waals surface area contributed by atoms with Crippen molar-refractivity contribution < 1.29 is 9.90 Å². The molecule has 0 unspecified atom stereocenters. The number of carboxylic acid groups (broad SMARTS) is 1. The fourth-order valence-corrected chi connectivity index (χ4v) is 3.47. The lowest BCUT2D eigenvalue weighted by Gasteiger charge is -2.26. The van der Waals surface area contributed by atoms with Crippen molar-refractivity contribution in [3.8, 4) is 0 Å². The van der Waals surface area contributed by atoms with Gasteiger partial charge in [-0.3, -0.25) is 0 Å². The number of hydrogen-bond donors (Lipinski definition) is 1. The van der Waals surface area contributed by atoms with E-state index in [9.17, 15) is 9.90 Å². The molecule has 0 aliphatic heterocycles. The second-order valence-electron chi connectivity index (χ2n) is 5.72. The molecule has 1 aliphatic carbocycles. The first-order chi connectivity index (χ1) is 10.8. The van der Waals surface area contributed by atoms with E-state index in [4.69, 9.17) is 0 Å². The molecule has 0 spiro atoms. The van der Waals surface area contributed by atoms with Crippen molar-refractivity contribution in [2.75, 3.05) is 0 Å². The zero-order valence-corrected chi connectivity index (χ0v) is 12.1. The maximum absolute atomic E-state index is 11.8. The third-order valence-electron chi connectivity index (χ3n) is 4.44. The van der Waals surface area contributed by atoms with Crippen molar-refractivity contribution in [2.24, 2.45) is 0 Å². The summed E-state index contributed by atoms with van der Waals surface area (Å²) >= 11 is 0. The molecule has 4 nitrogen and oxygen atoms in total. The zero-order chi connectivity index (χ0) is 15.1. The van der Waals surface area contributed by atoms with Crippen LogP contribution in [0.3, 0.4) is 0 Å². The Morgan fingerprint density at radius 2 is 1.91 bits per heavy atom. The molecule has 1 aromatic heterocycles. The second-order valence-corrected chi connectivity index (χ2v) is 5.72. The van der Waals surface area contributed by atoms with Crippen molar-refractivity contribution in [2.45, 2.75) is 25.3 Å². The van der Waals surface area contributed by atoms with Crippen molar-refractivity contribution in [3.63, 3.8) is 0 Å². The van der Waals surface area contributed by atoms with Crippen LogP contribution in [0.2, 0.25) is 0 Å². The maximum atomic E-state index is 11.8.